The number of nitrogens with zero attached hydrogens (tertiary/aromatic N) is 1. The number of aliphatic hydroxyl groups excluding tert-OH is 1. The molecule has 0 bridgehead atoms. The summed E-state index contributed by atoms with van der Waals surface area (Å²) >= 11 is 1.55. The van der Waals surface area contributed by atoms with Crippen molar-refractivity contribution in [2.45, 2.75) is 6.54 Å². The predicted octanol–water partition coefficient (Wildman–Crippen LogP) is 1.69. The average molecular weight is 263 g/mol. The van der Waals surface area contributed by atoms with Crippen LogP contribution in [0.5, 0.6) is 0 Å². The molecule has 0 atom stereocenters. The zero-order valence-corrected chi connectivity index (χ0v) is 10.4. The predicted molar refractivity (Wildman–Crippen MR) is 71.6 cm³/mol. The molecule has 0 unspecified atom stereocenters. The van der Waals surface area contributed by atoms with E-state index in [-0.39, 0.29) is 0 Å². The summed E-state index contributed by atoms with van der Waals surface area (Å²) in [6, 6.07) is 7.30. The van der Waals surface area contributed by atoms with Crippen molar-refractivity contribution >= 4 is 28.6 Å². The van der Waals surface area contributed by atoms with Crippen LogP contribution in [0.1, 0.15) is 5.69 Å². The molecule has 0 aliphatic rings. The number of thiazole rings is 1. The van der Waals surface area contributed by atoms with Crippen molar-refractivity contribution in [3.8, 4) is 0 Å². The summed E-state index contributed by atoms with van der Waals surface area (Å²) < 4.78 is 0. The lowest BCUT2D eigenvalue weighted by molar-refractivity contribution is -0.118. The van der Waals surface area contributed by atoms with Gasteiger partial charge in [0.05, 0.1) is 17.7 Å². The van der Waals surface area contributed by atoms with E-state index in [0.717, 1.165) is 11.4 Å². The standard InChI is InChI=1S/C12H13N3O2S/c16-6-12(17)15-10-3-1-2-9(4-10)13-5-11-7-18-8-14-11/h1-4,7-8,13,16H,5-6H2,(H,15,17). The lowest BCUT2D eigenvalue weighted by Crippen LogP contribution is -2.15. The minimum Gasteiger partial charge on any atom is -0.387 e. The number of hydrogen-bond donors (Lipinski definition) is 3. The fourth-order valence-corrected chi connectivity index (χ4v) is 1.98. The minimum absolute atomic E-state index is 0.424. The van der Waals surface area contributed by atoms with Gasteiger partial charge in [-0.25, -0.2) is 4.98 Å². The Morgan fingerprint density at radius 2 is 2.22 bits per heavy atom. The normalized spacial score (nSPS) is 10.1. The minimum atomic E-state index is -0.517. The fourth-order valence-electron chi connectivity index (χ4n) is 1.42. The van der Waals surface area contributed by atoms with E-state index in [1.807, 2.05) is 17.5 Å². The molecule has 1 aromatic heterocycles. The van der Waals surface area contributed by atoms with E-state index in [2.05, 4.69) is 15.6 Å². The molecule has 1 heterocycles. The maximum absolute atomic E-state index is 11.0. The molecule has 2 aromatic rings. The first-order valence-corrected chi connectivity index (χ1v) is 6.34. The number of carbonyl (C=O) groups excluding carboxylic acids is 1. The topological polar surface area (TPSA) is 74.2 Å². The summed E-state index contributed by atoms with van der Waals surface area (Å²) in [6.07, 6.45) is 0. The molecule has 0 aliphatic carbocycles. The molecular formula is C12H13N3O2S. The highest BCUT2D eigenvalue weighted by Gasteiger charge is 2.01. The van der Waals surface area contributed by atoms with Gasteiger partial charge < -0.3 is 15.7 Å². The van der Waals surface area contributed by atoms with E-state index in [1.165, 1.54) is 0 Å². The zero-order chi connectivity index (χ0) is 12.8. The highest BCUT2D eigenvalue weighted by Crippen LogP contribution is 2.16. The van der Waals surface area contributed by atoms with Crippen molar-refractivity contribution in [2.75, 3.05) is 17.2 Å². The SMILES string of the molecule is O=C(CO)Nc1cccc(NCc2cscn2)c1. The number of hydrogen-bond acceptors (Lipinski definition) is 5. The molecule has 0 saturated carbocycles. The second-order valence-electron chi connectivity index (χ2n) is 3.62. The molecule has 3 N–H and O–H groups in total. The third-order valence-electron chi connectivity index (χ3n) is 2.25. The van der Waals surface area contributed by atoms with E-state index in [9.17, 15) is 4.79 Å². The first-order valence-electron chi connectivity index (χ1n) is 5.39. The number of amides is 1. The van der Waals surface area contributed by atoms with Crippen molar-refractivity contribution in [3.63, 3.8) is 0 Å². The maximum Gasteiger partial charge on any atom is 0.250 e. The fraction of sp³-hybridized carbons (Fsp3) is 0.167. The van der Waals surface area contributed by atoms with Crippen LogP contribution in [0.2, 0.25) is 0 Å². The van der Waals surface area contributed by atoms with Crippen LogP contribution in [0.15, 0.2) is 35.2 Å². The Kier molecular flexibility index (Phi) is 4.27. The Hall–Kier alpha value is -1.92. The van der Waals surface area contributed by atoms with Gasteiger partial charge in [-0.1, -0.05) is 6.07 Å². The summed E-state index contributed by atoms with van der Waals surface area (Å²) in [7, 11) is 0. The maximum atomic E-state index is 11.0. The largest absolute Gasteiger partial charge is 0.387 e. The van der Waals surface area contributed by atoms with Crippen LogP contribution in [0, 0.1) is 0 Å². The Balaban J connectivity index is 1.96. The Labute approximate surface area is 108 Å². The van der Waals surface area contributed by atoms with Crippen LogP contribution < -0.4 is 10.6 Å². The summed E-state index contributed by atoms with van der Waals surface area (Å²) in [4.78, 5) is 15.2. The molecule has 0 spiro atoms. The van der Waals surface area contributed by atoms with Crippen LogP contribution >= 0.6 is 11.3 Å². The van der Waals surface area contributed by atoms with E-state index in [0.29, 0.717) is 12.2 Å². The van der Waals surface area contributed by atoms with Gasteiger partial charge in [0.15, 0.2) is 0 Å². The number of benzene rings is 1. The van der Waals surface area contributed by atoms with Crippen LogP contribution in [0.25, 0.3) is 0 Å². The first kappa shape index (κ1) is 12.5. The highest BCUT2D eigenvalue weighted by molar-refractivity contribution is 7.07. The summed E-state index contributed by atoms with van der Waals surface area (Å²) in [5.41, 5.74) is 4.30. The van der Waals surface area contributed by atoms with E-state index < -0.39 is 12.5 Å². The number of nitrogens with one attached hydrogen (secondary N) is 2. The van der Waals surface area contributed by atoms with Crippen molar-refractivity contribution in [1.82, 2.24) is 4.98 Å². The van der Waals surface area contributed by atoms with Crippen LogP contribution in [0.4, 0.5) is 11.4 Å². The Bertz CT molecular complexity index is 514. The molecule has 1 amide bonds. The molecule has 18 heavy (non-hydrogen) atoms. The van der Waals surface area contributed by atoms with E-state index in [4.69, 9.17) is 5.11 Å². The summed E-state index contributed by atoms with van der Waals surface area (Å²) in [6.45, 7) is 0.122. The molecule has 0 aliphatic heterocycles. The number of rotatable bonds is 5. The average Bonchev–Trinajstić information content (AvgIpc) is 2.90. The van der Waals surface area contributed by atoms with Crippen LogP contribution in [-0.4, -0.2) is 22.6 Å². The van der Waals surface area contributed by atoms with E-state index >= 15 is 0 Å². The van der Waals surface area contributed by atoms with Crippen molar-refractivity contribution in [2.24, 2.45) is 0 Å². The molecule has 0 radical (unpaired) electrons. The van der Waals surface area contributed by atoms with Gasteiger partial charge in [0.2, 0.25) is 5.91 Å². The quantitative estimate of drug-likeness (QED) is 0.767. The molecule has 5 nitrogen and oxygen atoms in total. The third-order valence-corrected chi connectivity index (χ3v) is 2.88. The number of aliphatic hydroxyl groups is 1. The van der Waals surface area contributed by atoms with Gasteiger partial charge in [0.25, 0.3) is 0 Å². The van der Waals surface area contributed by atoms with Gasteiger partial charge in [-0.15, -0.1) is 11.3 Å². The number of aromatic nitrogens is 1. The molecule has 6 heteroatoms. The summed E-state index contributed by atoms with van der Waals surface area (Å²) in [5.74, 6) is -0.424. The molecule has 94 valence electrons. The van der Waals surface area contributed by atoms with Crippen molar-refractivity contribution in [1.29, 1.82) is 0 Å². The van der Waals surface area contributed by atoms with Crippen LogP contribution in [-0.2, 0) is 11.3 Å². The smallest absolute Gasteiger partial charge is 0.250 e. The zero-order valence-electron chi connectivity index (χ0n) is 9.59. The number of anilines is 2. The van der Waals surface area contributed by atoms with Gasteiger partial charge in [-0.2, -0.15) is 0 Å². The molecule has 1 aromatic carbocycles. The third kappa shape index (κ3) is 3.54. The van der Waals surface area contributed by atoms with Crippen molar-refractivity contribution < 1.29 is 9.90 Å². The molecule has 0 saturated heterocycles. The van der Waals surface area contributed by atoms with Crippen molar-refractivity contribution in [3.05, 3.63) is 40.8 Å². The van der Waals surface area contributed by atoms with Gasteiger partial charge in [-0.3, -0.25) is 4.79 Å². The molecule has 0 fully saturated rings. The Morgan fingerprint density at radius 3 is 2.94 bits per heavy atom. The highest BCUT2D eigenvalue weighted by atomic mass is 32.1. The second kappa shape index (κ2) is 6.13. The van der Waals surface area contributed by atoms with Gasteiger partial charge in [0, 0.05) is 16.8 Å². The van der Waals surface area contributed by atoms with Gasteiger partial charge in [0.1, 0.15) is 6.61 Å². The lowest BCUT2D eigenvalue weighted by Gasteiger charge is -2.08. The summed E-state index contributed by atoms with van der Waals surface area (Å²) in [5, 5.41) is 16.4. The number of carbonyl (C=O) groups is 1. The van der Waals surface area contributed by atoms with Gasteiger partial charge in [-0.05, 0) is 18.2 Å². The molecular weight excluding hydrogens is 250 g/mol. The van der Waals surface area contributed by atoms with Gasteiger partial charge >= 0.3 is 0 Å². The second-order valence-corrected chi connectivity index (χ2v) is 4.34. The Morgan fingerprint density at radius 1 is 1.39 bits per heavy atom. The molecule has 2 rings (SSSR count). The first-order chi connectivity index (χ1) is 8.78. The lowest BCUT2D eigenvalue weighted by atomic mass is 10.2. The monoisotopic (exact) mass is 263 g/mol. The van der Waals surface area contributed by atoms with E-state index in [1.54, 1.807) is 29.0 Å². The van der Waals surface area contributed by atoms with Crippen LogP contribution in [0.3, 0.4) is 0 Å².